The molecule has 1 aliphatic heterocycles. The number of methoxy groups -OCH3 is 1. The Labute approximate surface area is 169 Å². The molecule has 7 nitrogen and oxygen atoms in total. The number of ether oxygens (including phenoxy) is 2. The van der Waals surface area contributed by atoms with E-state index in [1.807, 2.05) is 31.2 Å². The minimum atomic E-state index is -0.410. The minimum absolute atomic E-state index is 0.384. The zero-order valence-electron chi connectivity index (χ0n) is 16.7. The molecule has 0 spiro atoms. The lowest BCUT2D eigenvalue weighted by molar-refractivity contribution is -0.136. The van der Waals surface area contributed by atoms with Gasteiger partial charge in [-0.05, 0) is 37.5 Å². The first kappa shape index (κ1) is 20.3. The molecule has 1 aromatic carbocycles. The van der Waals surface area contributed by atoms with Crippen LogP contribution in [0.3, 0.4) is 0 Å². The summed E-state index contributed by atoms with van der Waals surface area (Å²) in [4.78, 5) is 17.1. The average Bonchev–Trinajstić information content (AvgIpc) is 3.11. The quantitative estimate of drug-likeness (QED) is 0.527. The first-order valence-corrected chi connectivity index (χ1v) is 10.5. The van der Waals surface area contributed by atoms with Gasteiger partial charge in [0.15, 0.2) is 0 Å². The van der Waals surface area contributed by atoms with Crippen molar-refractivity contribution >= 4 is 23.7 Å². The summed E-state index contributed by atoms with van der Waals surface area (Å²) in [5.74, 6) is 1.98. The van der Waals surface area contributed by atoms with Crippen molar-refractivity contribution in [3.63, 3.8) is 0 Å². The van der Waals surface area contributed by atoms with Gasteiger partial charge in [-0.1, -0.05) is 37.7 Å². The largest absolute Gasteiger partial charge is 0.494 e. The maximum absolute atomic E-state index is 12.5. The average molecular weight is 403 g/mol. The van der Waals surface area contributed by atoms with E-state index in [1.54, 1.807) is 16.4 Å². The molecule has 0 fully saturated rings. The van der Waals surface area contributed by atoms with Crippen molar-refractivity contribution in [2.45, 2.75) is 44.8 Å². The Bertz CT molecular complexity index is 861. The second kappa shape index (κ2) is 9.14. The van der Waals surface area contributed by atoms with Gasteiger partial charge in [0.1, 0.15) is 11.8 Å². The Morgan fingerprint density at radius 2 is 2.00 bits per heavy atom. The number of esters is 1. The molecule has 1 unspecified atom stereocenters. The molecule has 2 heterocycles. The topological polar surface area (TPSA) is 78.3 Å². The lowest BCUT2D eigenvalue weighted by atomic mass is 9.96. The van der Waals surface area contributed by atoms with Crippen molar-refractivity contribution in [3.8, 4) is 5.75 Å². The highest BCUT2D eigenvalue weighted by Gasteiger charge is 2.34. The van der Waals surface area contributed by atoms with Crippen molar-refractivity contribution in [2.75, 3.05) is 24.8 Å². The first-order chi connectivity index (χ1) is 13.6. The standard InChI is InChI=1S/C20H26N4O3S/c1-5-11-27-15-9-7-14(8-10-15)17-16(18(25)26-4)13(3)21-19-22-20(23-24(17)19)28-12-6-2/h7-10,17H,5-6,11-12H2,1-4H3,(H,21,22,23). The number of nitrogens with one attached hydrogen (secondary N) is 1. The molecule has 0 radical (unpaired) electrons. The van der Waals surface area contributed by atoms with Crippen LogP contribution in [0, 0.1) is 0 Å². The molecule has 1 aromatic heterocycles. The Morgan fingerprint density at radius 1 is 1.25 bits per heavy atom. The number of hydrogen-bond acceptors (Lipinski definition) is 7. The van der Waals surface area contributed by atoms with E-state index in [2.05, 4.69) is 29.2 Å². The molecule has 0 amide bonds. The van der Waals surface area contributed by atoms with Crippen molar-refractivity contribution in [2.24, 2.45) is 0 Å². The third-order valence-electron chi connectivity index (χ3n) is 4.34. The summed E-state index contributed by atoms with van der Waals surface area (Å²) in [5.41, 5.74) is 2.16. The van der Waals surface area contributed by atoms with Crippen LogP contribution in [-0.2, 0) is 9.53 Å². The van der Waals surface area contributed by atoms with Gasteiger partial charge >= 0.3 is 5.97 Å². The monoisotopic (exact) mass is 402 g/mol. The van der Waals surface area contributed by atoms with Crippen molar-refractivity contribution < 1.29 is 14.3 Å². The Morgan fingerprint density at radius 3 is 2.64 bits per heavy atom. The highest BCUT2D eigenvalue weighted by atomic mass is 32.2. The molecule has 3 rings (SSSR count). The molecule has 0 aliphatic carbocycles. The van der Waals surface area contributed by atoms with Gasteiger partial charge in [-0.3, -0.25) is 0 Å². The maximum atomic E-state index is 12.5. The fraction of sp³-hybridized carbons (Fsp3) is 0.450. The number of nitrogens with zero attached hydrogens (tertiary/aromatic N) is 3. The summed E-state index contributed by atoms with van der Waals surface area (Å²) < 4.78 is 12.5. The summed E-state index contributed by atoms with van der Waals surface area (Å²) in [6.45, 7) is 6.71. The number of fused-ring (bicyclic) bond motifs is 1. The summed E-state index contributed by atoms with van der Waals surface area (Å²) >= 11 is 1.60. The fourth-order valence-electron chi connectivity index (χ4n) is 3.03. The normalized spacial score (nSPS) is 15.8. The van der Waals surface area contributed by atoms with Gasteiger partial charge in [0.2, 0.25) is 11.1 Å². The fourth-order valence-corrected chi connectivity index (χ4v) is 3.72. The number of benzene rings is 1. The van der Waals surface area contributed by atoms with E-state index >= 15 is 0 Å². The van der Waals surface area contributed by atoms with Crippen LogP contribution in [0.4, 0.5) is 5.95 Å². The van der Waals surface area contributed by atoms with E-state index in [0.29, 0.717) is 23.3 Å². The molecule has 0 bridgehead atoms. The van der Waals surface area contributed by atoms with Crippen LogP contribution in [0.25, 0.3) is 0 Å². The van der Waals surface area contributed by atoms with Crippen LogP contribution in [-0.4, -0.2) is 40.2 Å². The highest BCUT2D eigenvalue weighted by Crippen LogP contribution is 2.37. The predicted molar refractivity (Wildman–Crippen MR) is 110 cm³/mol. The van der Waals surface area contributed by atoms with Crippen LogP contribution in [0.2, 0.25) is 0 Å². The minimum Gasteiger partial charge on any atom is -0.494 e. The van der Waals surface area contributed by atoms with Crippen molar-refractivity contribution in [3.05, 3.63) is 41.1 Å². The SMILES string of the molecule is CCCOc1ccc(C2C(C(=O)OC)=C(C)Nc3nc(SCCC)nn32)cc1. The molecule has 28 heavy (non-hydrogen) atoms. The van der Waals surface area contributed by atoms with E-state index in [9.17, 15) is 4.79 Å². The lowest BCUT2D eigenvalue weighted by Gasteiger charge is -2.27. The van der Waals surface area contributed by atoms with Gasteiger partial charge in [-0.15, -0.1) is 5.10 Å². The van der Waals surface area contributed by atoms with Crippen molar-refractivity contribution in [1.82, 2.24) is 14.8 Å². The number of anilines is 1. The van der Waals surface area contributed by atoms with Gasteiger partial charge in [-0.25, -0.2) is 9.48 Å². The van der Waals surface area contributed by atoms with E-state index in [4.69, 9.17) is 9.47 Å². The number of allylic oxidation sites excluding steroid dienone is 1. The molecule has 150 valence electrons. The zero-order chi connectivity index (χ0) is 20.1. The molecule has 1 atom stereocenters. The lowest BCUT2D eigenvalue weighted by Crippen LogP contribution is -2.29. The van der Waals surface area contributed by atoms with Gasteiger partial charge < -0.3 is 14.8 Å². The van der Waals surface area contributed by atoms with Gasteiger partial charge in [0.25, 0.3) is 0 Å². The summed E-state index contributed by atoms with van der Waals surface area (Å²) in [5, 5.41) is 8.53. The number of hydrogen-bond donors (Lipinski definition) is 1. The van der Waals surface area contributed by atoms with Gasteiger partial charge in [0, 0.05) is 11.4 Å². The van der Waals surface area contributed by atoms with Gasteiger partial charge in [0.05, 0.1) is 19.3 Å². The number of carbonyl (C=O) groups excluding carboxylic acids is 1. The molecule has 0 saturated carbocycles. The third kappa shape index (κ3) is 4.16. The van der Waals surface area contributed by atoms with Crippen LogP contribution >= 0.6 is 11.8 Å². The molecular formula is C20H26N4O3S. The second-order valence-electron chi connectivity index (χ2n) is 6.49. The molecular weight excluding hydrogens is 376 g/mol. The number of aromatic nitrogens is 3. The molecule has 1 aliphatic rings. The molecule has 1 N–H and O–H groups in total. The highest BCUT2D eigenvalue weighted by molar-refractivity contribution is 7.99. The smallest absolute Gasteiger partial charge is 0.338 e. The van der Waals surface area contributed by atoms with Crippen LogP contribution in [0.5, 0.6) is 5.75 Å². The van der Waals surface area contributed by atoms with Crippen LogP contribution in [0.1, 0.15) is 45.2 Å². The number of carbonyl (C=O) groups is 1. The summed E-state index contributed by atoms with van der Waals surface area (Å²) in [7, 11) is 1.39. The first-order valence-electron chi connectivity index (χ1n) is 9.47. The molecule has 2 aromatic rings. The van der Waals surface area contributed by atoms with Crippen LogP contribution in [0.15, 0.2) is 40.7 Å². The molecule has 0 saturated heterocycles. The van der Waals surface area contributed by atoms with E-state index in [1.165, 1.54) is 7.11 Å². The zero-order valence-corrected chi connectivity index (χ0v) is 17.5. The van der Waals surface area contributed by atoms with E-state index in [0.717, 1.165) is 35.6 Å². The maximum Gasteiger partial charge on any atom is 0.338 e. The third-order valence-corrected chi connectivity index (χ3v) is 5.39. The van der Waals surface area contributed by atoms with Crippen molar-refractivity contribution in [1.29, 1.82) is 0 Å². The Kier molecular flexibility index (Phi) is 6.61. The number of rotatable bonds is 8. The Hall–Kier alpha value is -2.48. The summed E-state index contributed by atoms with van der Waals surface area (Å²) in [6.07, 6.45) is 1.99. The Balaban J connectivity index is 2.01. The summed E-state index contributed by atoms with van der Waals surface area (Å²) in [6, 6.07) is 7.34. The van der Waals surface area contributed by atoms with Gasteiger partial charge in [-0.2, -0.15) is 4.98 Å². The van der Waals surface area contributed by atoms with Crippen LogP contribution < -0.4 is 10.1 Å². The second-order valence-corrected chi connectivity index (χ2v) is 7.55. The van der Waals surface area contributed by atoms with E-state index < -0.39 is 6.04 Å². The predicted octanol–water partition coefficient (Wildman–Crippen LogP) is 4.03. The number of thioether (sulfide) groups is 1. The van der Waals surface area contributed by atoms with E-state index in [-0.39, 0.29) is 5.97 Å². The molecule has 8 heteroatoms.